The molecule has 138 valence electrons. The monoisotopic (exact) mass is 374 g/mol. The molecule has 0 aliphatic heterocycles. The molecule has 1 atom stereocenters. The summed E-state index contributed by atoms with van der Waals surface area (Å²) in [6, 6.07) is 10.6. The number of halogens is 1. The lowest BCUT2D eigenvalue weighted by Crippen LogP contribution is -2.29. The summed E-state index contributed by atoms with van der Waals surface area (Å²) in [6.07, 6.45) is 0.0928. The second-order valence-electron chi connectivity index (χ2n) is 6.22. The summed E-state index contributed by atoms with van der Waals surface area (Å²) in [5, 5.41) is 6.17. The molecule has 0 spiro atoms. The number of carbonyl (C=O) groups is 2. The van der Waals surface area contributed by atoms with Crippen molar-refractivity contribution in [2.45, 2.75) is 33.2 Å². The minimum Gasteiger partial charge on any atom is -0.497 e. The molecule has 26 heavy (non-hydrogen) atoms. The van der Waals surface area contributed by atoms with E-state index in [0.717, 1.165) is 16.7 Å². The van der Waals surface area contributed by atoms with E-state index in [0.29, 0.717) is 16.5 Å². The molecule has 0 aliphatic carbocycles. The van der Waals surface area contributed by atoms with Gasteiger partial charge in [0.05, 0.1) is 30.3 Å². The number of anilines is 1. The normalized spacial score (nSPS) is 11.6. The van der Waals surface area contributed by atoms with Gasteiger partial charge in [0.2, 0.25) is 11.8 Å². The van der Waals surface area contributed by atoms with Gasteiger partial charge in [0.25, 0.3) is 0 Å². The Morgan fingerprint density at radius 2 is 1.81 bits per heavy atom. The smallest absolute Gasteiger partial charge is 0.226 e. The highest BCUT2D eigenvalue weighted by Crippen LogP contribution is 2.28. The molecule has 2 aromatic rings. The van der Waals surface area contributed by atoms with E-state index in [1.165, 1.54) is 6.92 Å². The van der Waals surface area contributed by atoms with Crippen LogP contribution < -0.4 is 15.4 Å². The molecule has 0 aliphatic rings. The van der Waals surface area contributed by atoms with Gasteiger partial charge < -0.3 is 15.4 Å². The Balaban J connectivity index is 2.17. The maximum Gasteiger partial charge on any atom is 0.226 e. The van der Waals surface area contributed by atoms with Crippen LogP contribution in [-0.2, 0) is 9.59 Å². The molecule has 0 heterocycles. The molecule has 2 aromatic carbocycles. The van der Waals surface area contributed by atoms with Gasteiger partial charge in [0.15, 0.2) is 0 Å². The number of hydrogen-bond donors (Lipinski definition) is 2. The van der Waals surface area contributed by atoms with E-state index in [9.17, 15) is 9.59 Å². The number of carbonyl (C=O) groups excluding carboxylic acids is 2. The van der Waals surface area contributed by atoms with Crippen LogP contribution in [0.3, 0.4) is 0 Å². The Morgan fingerprint density at radius 3 is 2.35 bits per heavy atom. The van der Waals surface area contributed by atoms with Gasteiger partial charge in [-0.2, -0.15) is 0 Å². The Labute approximate surface area is 158 Å². The van der Waals surface area contributed by atoms with E-state index in [1.54, 1.807) is 25.3 Å². The highest BCUT2D eigenvalue weighted by atomic mass is 35.5. The maximum atomic E-state index is 12.5. The molecule has 0 radical (unpaired) electrons. The molecule has 2 rings (SSSR count). The number of benzene rings is 2. The van der Waals surface area contributed by atoms with Crippen LogP contribution in [-0.4, -0.2) is 18.9 Å². The zero-order valence-corrected chi connectivity index (χ0v) is 16.1. The Kier molecular flexibility index (Phi) is 6.64. The predicted octanol–water partition coefficient (Wildman–Crippen LogP) is 4.17. The first-order valence-corrected chi connectivity index (χ1v) is 8.65. The molecule has 5 nitrogen and oxygen atoms in total. The zero-order valence-electron chi connectivity index (χ0n) is 15.4. The fourth-order valence-electron chi connectivity index (χ4n) is 2.78. The van der Waals surface area contributed by atoms with Crippen LogP contribution in [0.15, 0.2) is 36.4 Å². The molecular formula is C20H23ClN2O3. The summed E-state index contributed by atoms with van der Waals surface area (Å²) >= 11 is 6.25. The Hall–Kier alpha value is -2.53. The summed E-state index contributed by atoms with van der Waals surface area (Å²) in [5.41, 5.74) is 3.34. The van der Waals surface area contributed by atoms with Crippen LogP contribution in [0.4, 0.5) is 5.69 Å². The largest absolute Gasteiger partial charge is 0.497 e. The summed E-state index contributed by atoms with van der Waals surface area (Å²) in [4.78, 5) is 24.1. The first-order chi connectivity index (χ1) is 12.3. The van der Waals surface area contributed by atoms with E-state index in [1.807, 2.05) is 32.0 Å². The molecule has 6 heteroatoms. The minimum absolute atomic E-state index is 0.0928. The average molecular weight is 375 g/mol. The third-order valence-corrected chi connectivity index (χ3v) is 4.28. The molecule has 2 amide bonds. The quantitative estimate of drug-likeness (QED) is 0.797. The summed E-state index contributed by atoms with van der Waals surface area (Å²) in [7, 11) is 1.58. The molecule has 0 saturated carbocycles. The Bertz CT molecular complexity index is 780. The molecular weight excluding hydrogens is 352 g/mol. The predicted molar refractivity (Wildman–Crippen MR) is 104 cm³/mol. The van der Waals surface area contributed by atoms with Crippen LogP contribution in [0, 0.1) is 13.8 Å². The van der Waals surface area contributed by atoms with Crippen molar-refractivity contribution in [3.8, 4) is 5.75 Å². The number of rotatable bonds is 6. The molecule has 0 bridgehead atoms. The lowest BCUT2D eigenvalue weighted by molar-refractivity contribution is -0.120. The van der Waals surface area contributed by atoms with Gasteiger partial charge in [0.1, 0.15) is 5.75 Å². The lowest BCUT2D eigenvalue weighted by atomic mass is 10.0. The summed E-state index contributed by atoms with van der Waals surface area (Å²) in [6.45, 7) is 5.26. The van der Waals surface area contributed by atoms with Gasteiger partial charge in [0, 0.05) is 6.92 Å². The number of nitrogens with one attached hydrogen (secondary N) is 2. The third kappa shape index (κ3) is 5.23. The van der Waals surface area contributed by atoms with Gasteiger partial charge in [-0.05, 0) is 48.7 Å². The van der Waals surface area contributed by atoms with Crippen LogP contribution in [0.2, 0.25) is 5.02 Å². The van der Waals surface area contributed by atoms with Gasteiger partial charge in [-0.3, -0.25) is 9.59 Å². The maximum absolute atomic E-state index is 12.5. The van der Waals surface area contributed by atoms with Crippen molar-refractivity contribution in [1.29, 1.82) is 0 Å². The van der Waals surface area contributed by atoms with Gasteiger partial charge >= 0.3 is 0 Å². The molecule has 0 aromatic heterocycles. The highest BCUT2D eigenvalue weighted by Gasteiger charge is 2.18. The van der Waals surface area contributed by atoms with E-state index >= 15 is 0 Å². The first-order valence-electron chi connectivity index (χ1n) is 8.27. The number of aryl methyl sites for hydroxylation is 2. The summed E-state index contributed by atoms with van der Waals surface area (Å²) < 4.78 is 5.14. The van der Waals surface area contributed by atoms with Crippen molar-refractivity contribution < 1.29 is 14.3 Å². The van der Waals surface area contributed by atoms with E-state index in [4.69, 9.17) is 16.3 Å². The van der Waals surface area contributed by atoms with Crippen molar-refractivity contribution in [2.75, 3.05) is 12.4 Å². The number of methoxy groups -OCH3 is 1. The van der Waals surface area contributed by atoms with Gasteiger partial charge in [-0.1, -0.05) is 29.8 Å². The lowest BCUT2D eigenvalue weighted by Gasteiger charge is -2.19. The van der Waals surface area contributed by atoms with Crippen molar-refractivity contribution in [1.82, 2.24) is 5.32 Å². The van der Waals surface area contributed by atoms with Crippen molar-refractivity contribution >= 4 is 29.1 Å². The SMILES string of the molecule is COc1ccc([C@@H](CC(=O)Nc2c(C)cc(C)cc2Cl)NC(C)=O)cc1. The van der Waals surface area contributed by atoms with Crippen molar-refractivity contribution in [3.05, 3.63) is 58.1 Å². The summed E-state index contributed by atoms with van der Waals surface area (Å²) in [5.74, 6) is 0.276. The third-order valence-electron chi connectivity index (χ3n) is 3.98. The van der Waals surface area contributed by atoms with E-state index < -0.39 is 6.04 Å². The minimum atomic E-state index is -0.442. The van der Waals surface area contributed by atoms with Gasteiger partial charge in [-0.25, -0.2) is 0 Å². The van der Waals surface area contributed by atoms with Gasteiger partial charge in [-0.15, -0.1) is 0 Å². The van der Waals surface area contributed by atoms with Crippen LogP contribution in [0.25, 0.3) is 0 Å². The number of amides is 2. The van der Waals surface area contributed by atoms with Crippen LogP contribution >= 0.6 is 11.6 Å². The standard InChI is InChI=1S/C20H23ClN2O3/c1-12-9-13(2)20(17(21)10-12)23-19(25)11-18(22-14(3)24)15-5-7-16(26-4)8-6-15/h5-10,18H,11H2,1-4H3,(H,22,24)(H,23,25)/t18-/m1/s1. The Morgan fingerprint density at radius 1 is 1.15 bits per heavy atom. The van der Waals surface area contributed by atoms with Crippen LogP contribution in [0.1, 0.15) is 36.1 Å². The second-order valence-corrected chi connectivity index (χ2v) is 6.62. The van der Waals surface area contributed by atoms with E-state index in [-0.39, 0.29) is 18.2 Å². The molecule has 0 unspecified atom stereocenters. The molecule has 2 N–H and O–H groups in total. The zero-order chi connectivity index (χ0) is 19.3. The number of ether oxygens (including phenoxy) is 1. The topological polar surface area (TPSA) is 67.4 Å². The van der Waals surface area contributed by atoms with E-state index in [2.05, 4.69) is 10.6 Å². The van der Waals surface area contributed by atoms with Crippen molar-refractivity contribution in [2.24, 2.45) is 0 Å². The fraction of sp³-hybridized carbons (Fsp3) is 0.300. The second kappa shape index (κ2) is 8.72. The van der Waals surface area contributed by atoms with Crippen molar-refractivity contribution in [3.63, 3.8) is 0 Å². The fourth-order valence-corrected chi connectivity index (χ4v) is 3.15. The molecule has 0 fully saturated rings. The highest BCUT2D eigenvalue weighted by molar-refractivity contribution is 6.34. The molecule has 0 saturated heterocycles. The first kappa shape index (κ1) is 19.8. The average Bonchev–Trinajstić information content (AvgIpc) is 2.57. The van der Waals surface area contributed by atoms with Crippen LogP contribution in [0.5, 0.6) is 5.75 Å². The number of hydrogen-bond acceptors (Lipinski definition) is 3.